The van der Waals surface area contributed by atoms with E-state index in [0.717, 1.165) is 11.1 Å². The number of rotatable bonds is 6. The molecule has 0 radical (unpaired) electrons. The van der Waals surface area contributed by atoms with Gasteiger partial charge in [0.1, 0.15) is 11.9 Å². The molecular formula is C22H23FN2O4. The summed E-state index contributed by atoms with van der Waals surface area (Å²) < 4.78 is 24.5. The van der Waals surface area contributed by atoms with Gasteiger partial charge in [-0.15, -0.1) is 0 Å². The van der Waals surface area contributed by atoms with Crippen LogP contribution in [0, 0.1) is 5.82 Å². The van der Waals surface area contributed by atoms with E-state index in [-0.39, 0.29) is 24.2 Å². The van der Waals surface area contributed by atoms with Gasteiger partial charge in [0.15, 0.2) is 0 Å². The third-order valence-electron chi connectivity index (χ3n) is 5.36. The number of amides is 1. The van der Waals surface area contributed by atoms with Gasteiger partial charge in [-0.25, -0.2) is 9.18 Å². The summed E-state index contributed by atoms with van der Waals surface area (Å²) in [6.45, 7) is 2.98. The van der Waals surface area contributed by atoms with Crippen molar-refractivity contribution < 1.29 is 23.5 Å². The predicted octanol–water partition coefficient (Wildman–Crippen LogP) is 2.62. The number of nitrogens with zero attached hydrogens (tertiary/aromatic N) is 1. The Kier molecular flexibility index (Phi) is 5.87. The smallest absolute Gasteiger partial charge is 0.339 e. The van der Waals surface area contributed by atoms with Gasteiger partial charge in [0.2, 0.25) is 5.91 Å². The van der Waals surface area contributed by atoms with Crippen LogP contribution in [0.1, 0.15) is 40.1 Å². The molecule has 29 heavy (non-hydrogen) atoms. The number of fused-ring (bicyclic) bond motifs is 1. The average Bonchev–Trinajstić information content (AvgIpc) is 3.05. The van der Waals surface area contributed by atoms with Crippen molar-refractivity contribution in [1.82, 2.24) is 10.2 Å². The molecule has 2 heterocycles. The molecule has 2 aromatic carbocycles. The molecule has 2 aromatic rings. The van der Waals surface area contributed by atoms with Crippen molar-refractivity contribution in [3.05, 3.63) is 71.0 Å². The molecule has 0 saturated carbocycles. The van der Waals surface area contributed by atoms with Crippen molar-refractivity contribution in [2.45, 2.75) is 18.6 Å². The zero-order valence-corrected chi connectivity index (χ0v) is 16.0. The zero-order chi connectivity index (χ0) is 20.2. The number of benzene rings is 2. The summed E-state index contributed by atoms with van der Waals surface area (Å²) in [4.78, 5) is 26.7. The van der Waals surface area contributed by atoms with Gasteiger partial charge in [0, 0.05) is 25.2 Å². The molecule has 2 atom stereocenters. The zero-order valence-electron chi connectivity index (χ0n) is 16.0. The van der Waals surface area contributed by atoms with E-state index in [1.807, 2.05) is 18.2 Å². The Morgan fingerprint density at radius 1 is 1.17 bits per heavy atom. The van der Waals surface area contributed by atoms with Gasteiger partial charge in [0.05, 0.1) is 31.2 Å². The molecule has 2 aliphatic heterocycles. The largest absolute Gasteiger partial charge is 0.453 e. The van der Waals surface area contributed by atoms with Gasteiger partial charge in [-0.3, -0.25) is 9.69 Å². The molecule has 1 amide bonds. The minimum absolute atomic E-state index is 0.0573. The van der Waals surface area contributed by atoms with Crippen LogP contribution in [-0.2, 0) is 14.3 Å². The molecular weight excluding hydrogens is 375 g/mol. The van der Waals surface area contributed by atoms with Crippen molar-refractivity contribution in [3.8, 4) is 0 Å². The maximum atomic E-state index is 13.8. The third kappa shape index (κ3) is 4.46. The average molecular weight is 398 g/mol. The monoisotopic (exact) mass is 398 g/mol. The fraction of sp³-hybridized carbons (Fsp3) is 0.364. The highest BCUT2D eigenvalue weighted by Gasteiger charge is 2.32. The lowest BCUT2D eigenvalue weighted by molar-refractivity contribution is -0.123. The van der Waals surface area contributed by atoms with Crippen LogP contribution < -0.4 is 5.32 Å². The summed E-state index contributed by atoms with van der Waals surface area (Å²) in [6, 6.07) is 13.4. The number of ether oxygens (including phenoxy) is 2. The lowest BCUT2D eigenvalue weighted by atomic mass is 10.0. The van der Waals surface area contributed by atoms with Crippen LogP contribution in [0.4, 0.5) is 4.39 Å². The molecule has 6 nitrogen and oxygen atoms in total. The molecule has 152 valence electrons. The molecule has 0 aromatic heterocycles. The van der Waals surface area contributed by atoms with Crippen molar-refractivity contribution in [2.75, 3.05) is 32.8 Å². The fourth-order valence-electron chi connectivity index (χ4n) is 3.88. The van der Waals surface area contributed by atoms with E-state index in [9.17, 15) is 14.0 Å². The molecule has 0 bridgehead atoms. The van der Waals surface area contributed by atoms with E-state index >= 15 is 0 Å². The minimum Gasteiger partial charge on any atom is -0.453 e. The second-order valence-electron chi connectivity index (χ2n) is 7.21. The van der Waals surface area contributed by atoms with E-state index in [2.05, 4.69) is 10.2 Å². The highest BCUT2D eigenvalue weighted by molar-refractivity contribution is 5.94. The van der Waals surface area contributed by atoms with E-state index in [1.54, 1.807) is 18.2 Å². The lowest BCUT2D eigenvalue weighted by Crippen LogP contribution is -2.44. The first-order valence-corrected chi connectivity index (χ1v) is 9.75. The number of hydrogen-bond donors (Lipinski definition) is 1. The van der Waals surface area contributed by atoms with Gasteiger partial charge in [0.25, 0.3) is 0 Å². The first kappa shape index (κ1) is 19.5. The number of morpholine rings is 1. The first-order valence-electron chi connectivity index (χ1n) is 9.75. The molecule has 1 fully saturated rings. The quantitative estimate of drug-likeness (QED) is 0.758. The van der Waals surface area contributed by atoms with E-state index < -0.39 is 12.1 Å². The number of hydrogen-bond acceptors (Lipinski definition) is 5. The Bertz CT molecular complexity index is 898. The van der Waals surface area contributed by atoms with Crippen LogP contribution >= 0.6 is 0 Å². The molecule has 7 heteroatoms. The SMILES string of the molecule is O=C(CC1OC(=O)c2ccccc21)NCC(c1cccc(F)c1)N1CCOCC1. The van der Waals surface area contributed by atoms with Gasteiger partial charge in [-0.05, 0) is 23.8 Å². The van der Waals surface area contributed by atoms with E-state index in [1.165, 1.54) is 12.1 Å². The van der Waals surface area contributed by atoms with Crippen LogP contribution in [-0.4, -0.2) is 49.6 Å². The van der Waals surface area contributed by atoms with Crippen molar-refractivity contribution in [1.29, 1.82) is 0 Å². The number of esters is 1. The Labute approximate surface area is 168 Å². The van der Waals surface area contributed by atoms with Gasteiger partial charge in [-0.2, -0.15) is 0 Å². The number of nitrogens with one attached hydrogen (secondary N) is 1. The summed E-state index contributed by atoms with van der Waals surface area (Å²) >= 11 is 0. The number of carbonyl (C=O) groups is 2. The highest BCUT2D eigenvalue weighted by atomic mass is 19.1. The van der Waals surface area contributed by atoms with Gasteiger partial charge in [-0.1, -0.05) is 30.3 Å². The molecule has 1 saturated heterocycles. The number of cyclic esters (lactones) is 1. The van der Waals surface area contributed by atoms with Gasteiger partial charge < -0.3 is 14.8 Å². The van der Waals surface area contributed by atoms with Gasteiger partial charge >= 0.3 is 5.97 Å². The van der Waals surface area contributed by atoms with Crippen LogP contribution in [0.2, 0.25) is 0 Å². The molecule has 0 aliphatic carbocycles. The molecule has 4 rings (SSSR count). The normalized spacial score (nSPS) is 20.0. The minimum atomic E-state index is -0.574. The molecule has 2 unspecified atom stereocenters. The maximum Gasteiger partial charge on any atom is 0.339 e. The Morgan fingerprint density at radius 2 is 1.97 bits per heavy atom. The lowest BCUT2D eigenvalue weighted by Gasteiger charge is -2.35. The molecule has 2 aliphatic rings. The molecule has 0 spiro atoms. The highest BCUT2D eigenvalue weighted by Crippen LogP contribution is 2.32. The van der Waals surface area contributed by atoms with Crippen molar-refractivity contribution >= 4 is 11.9 Å². The summed E-state index contributed by atoms with van der Waals surface area (Å²) in [7, 11) is 0. The predicted molar refractivity (Wildman–Crippen MR) is 104 cm³/mol. The molecule has 1 N–H and O–H groups in total. The Balaban J connectivity index is 1.42. The van der Waals surface area contributed by atoms with Crippen LogP contribution in [0.5, 0.6) is 0 Å². The summed E-state index contributed by atoms with van der Waals surface area (Å²) in [6.07, 6.45) is -0.517. The first-order chi connectivity index (χ1) is 14.1. The van der Waals surface area contributed by atoms with Crippen LogP contribution in [0.3, 0.4) is 0 Å². The number of halogens is 1. The summed E-state index contributed by atoms with van der Waals surface area (Å²) in [5.41, 5.74) is 2.06. The third-order valence-corrected chi connectivity index (χ3v) is 5.36. The topological polar surface area (TPSA) is 67.9 Å². The summed E-state index contributed by atoms with van der Waals surface area (Å²) in [5, 5.41) is 2.94. The second-order valence-corrected chi connectivity index (χ2v) is 7.21. The van der Waals surface area contributed by atoms with Crippen LogP contribution in [0.15, 0.2) is 48.5 Å². The second kappa shape index (κ2) is 8.71. The van der Waals surface area contributed by atoms with E-state index in [4.69, 9.17) is 9.47 Å². The standard InChI is InChI=1S/C22H23FN2O4/c23-16-5-3-4-15(12-16)19(25-8-10-28-11-9-25)14-24-21(26)13-20-17-6-1-2-7-18(17)22(27)29-20/h1-7,12,19-20H,8-11,13-14H2,(H,24,26). The number of carbonyl (C=O) groups excluding carboxylic acids is 2. The fourth-order valence-corrected chi connectivity index (χ4v) is 3.88. The summed E-state index contributed by atoms with van der Waals surface area (Å²) in [5.74, 6) is -0.917. The van der Waals surface area contributed by atoms with Crippen molar-refractivity contribution in [3.63, 3.8) is 0 Å². The van der Waals surface area contributed by atoms with Crippen molar-refractivity contribution in [2.24, 2.45) is 0 Å². The Morgan fingerprint density at radius 3 is 2.76 bits per heavy atom. The maximum absolute atomic E-state index is 13.8. The van der Waals surface area contributed by atoms with E-state index in [0.29, 0.717) is 38.4 Å². The van der Waals surface area contributed by atoms with Crippen LogP contribution in [0.25, 0.3) is 0 Å². The Hall–Kier alpha value is -2.77.